The third-order valence-electron chi connectivity index (χ3n) is 8.05. The van der Waals surface area contributed by atoms with Crippen molar-refractivity contribution in [2.75, 3.05) is 0 Å². The number of unbranched alkanes of at least 4 members (excludes halogenated alkanes) is 1. The summed E-state index contributed by atoms with van der Waals surface area (Å²) in [5.74, 6) is 1.01. The molecule has 1 unspecified atom stereocenters. The smallest absolute Gasteiger partial charge is 0.150 e. The highest BCUT2D eigenvalue weighted by atomic mass is 16.5. The van der Waals surface area contributed by atoms with E-state index >= 15 is 0 Å². The summed E-state index contributed by atoms with van der Waals surface area (Å²) in [5.41, 5.74) is 9.12. The molecule has 1 aliphatic heterocycles. The second kappa shape index (κ2) is 8.27. The molecule has 0 saturated heterocycles. The van der Waals surface area contributed by atoms with Crippen molar-refractivity contribution in [3.8, 4) is 5.75 Å². The Bertz CT molecular complexity index is 1370. The third kappa shape index (κ3) is 3.07. The van der Waals surface area contributed by atoms with E-state index < -0.39 is 11.0 Å². The monoisotopic (exact) mass is 456 g/mol. The Hall–Kier alpha value is -3.58. The molecule has 0 bridgehead atoms. The van der Waals surface area contributed by atoms with E-state index in [-0.39, 0.29) is 0 Å². The molecular formula is C34H32O. The maximum Gasteiger partial charge on any atom is 0.150 e. The lowest BCUT2D eigenvalue weighted by Crippen LogP contribution is -2.53. The Labute approximate surface area is 209 Å². The quantitative estimate of drug-likeness (QED) is 0.293. The first-order valence-corrected chi connectivity index (χ1v) is 12.8. The highest BCUT2D eigenvalue weighted by molar-refractivity contribution is 5.98. The number of rotatable bonds is 5. The van der Waals surface area contributed by atoms with Crippen molar-refractivity contribution in [2.24, 2.45) is 0 Å². The number of ether oxygens (including phenoxy) is 1. The van der Waals surface area contributed by atoms with Crippen LogP contribution in [0.3, 0.4) is 0 Å². The zero-order chi connectivity index (χ0) is 24.0. The van der Waals surface area contributed by atoms with E-state index in [2.05, 4.69) is 124 Å². The fraction of sp³-hybridized carbons (Fsp3) is 0.235. The first-order chi connectivity index (χ1) is 17.1. The van der Waals surface area contributed by atoms with Crippen molar-refractivity contribution in [2.45, 2.75) is 51.0 Å². The Morgan fingerprint density at radius 1 is 0.771 bits per heavy atom. The van der Waals surface area contributed by atoms with Gasteiger partial charge in [-0.3, -0.25) is 0 Å². The average molecular weight is 457 g/mol. The van der Waals surface area contributed by atoms with Crippen LogP contribution in [0.2, 0.25) is 0 Å². The van der Waals surface area contributed by atoms with Crippen LogP contribution in [-0.2, 0) is 11.8 Å². The summed E-state index contributed by atoms with van der Waals surface area (Å²) in [7, 11) is 0. The summed E-state index contributed by atoms with van der Waals surface area (Å²) in [4.78, 5) is 0. The molecule has 35 heavy (non-hydrogen) atoms. The molecule has 1 atom stereocenters. The van der Waals surface area contributed by atoms with E-state index in [1.165, 1.54) is 57.4 Å². The lowest BCUT2D eigenvalue weighted by Gasteiger charge is -2.47. The molecule has 1 nitrogen and oxygen atoms in total. The van der Waals surface area contributed by atoms with Crippen LogP contribution in [0.5, 0.6) is 5.75 Å². The first kappa shape index (κ1) is 21.9. The van der Waals surface area contributed by atoms with Crippen molar-refractivity contribution in [3.05, 3.63) is 136 Å². The van der Waals surface area contributed by atoms with Crippen LogP contribution < -0.4 is 4.74 Å². The van der Waals surface area contributed by atoms with Gasteiger partial charge in [0.15, 0.2) is 0 Å². The maximum atomic E-state index is 7.27. The molecule has 6 rings (SSSR count). The minimum Gasteiger partial charge on any atom is -0.480 e. The highest BCUT2D eigenvalue weighted by Gasteiger charge is 2.62. The number of hydrogen-bond acceptors (Lipinski definition) is 1. The van der Waals surface area contributed by atoms with Gasteiger partial charge < -0.3 is 4.74 Å². The van der Waals surface area contributed by atoms with Crippen LogP contribution in [0.1, 0.15) is 65.6 Å². The third-order valence-corrected chi connectivity index (χ3v) is 8.05. The maximum absolute atomic E-state index is 7.27. The van der Waals surface area contributed by atoms with Gasteiger partial charge >= 0.3 is 0 Å². The zero-order valence-corrected chi connectivity index (χ0v) is 20.8. The lowest BCUT2D eigenvalue weighted by atomic mass is 9.62. The van der Waals surface area contributed by atoms with E-state index in [1.54, 1.807) is 0 Å². The van der Waals surface area contributed by atoms with Gasteiger partial charge in [-0.05, 0) is 72.2 Å². The minimum absolute atomic E-state index is 0.469. The molecule has 0 spiro atoms. The molecule has 0 N–H and O–H groups in total. The van der Waals surface area contributed by atoms with E-state index in [9.17, 15) is 0 Å². The molecule has 1 heterocycles. The number of benzene rings is 4. The van der Waals surface area contributed by atoms with Gasteiger partial charge in [0, 0.05) is 11.1 Å². The Kier molecular flexibility index (Phi) is 5.18. The minimum atomic E-state index is -0.595. The topological polar surface area (TPSA) is 9.23 Å². The molecular weight excluding hydrogens is 424 g/mol. The molecule has 0 aromatic heterocycles. The first-order valence-electron chi connectivity index (χ1n) is 12.8. The van der Waals surface area contributed by atoms with Gasteiger partial charge in [-0.15, -0.1) is 0 Å². The molecule has 2 aliphatic rings. The molecule has 174 valence electrons. The van der Waals surface area contributed by atoms with Crippen LogP contribution in [0.15, 0.2) is 97.1 Å². The van der Waals surface area contributed by atoms with Crippen molar-refractivity contribution in [1.82, 2.24) is 0 Å². The van der Waals surface area contributed by atoms with E-state index in [0.717, 1.165) is 12.2 Å². The van der Waals surface area contributed by atoms with Crippen molar-refractivity contribution < 1.29 is 4.74 Å². The number of fused-ring (bicyclic) bond motifs is 4. The molecule has 1 aliphatic carbocycles. The second-order valence-electron chi connectivity index (χ2n) is 10.2. The molecule has 4 aromatic rings. The van der Waals surface area contributed by atoms with Crippen LogP contribution in [0.25, 0.3) is 11.6 Å². The molecule has 1 heteroatoms. The van der Waals surface area contributed by atoms with Crippen molar-refractivity contribution in [3.63, 3.8) is 0 Å². The summed E-state index contributed by atoms with van der Waals surface area (Å²) in [6.45, 7) is 6.75. The summed E-state index contributed by atoms with van der Waals surface area (Å²) in [6.07, 6.45) is 5.94. The fourth-order valence-electron chi connectivity index (χ4n) is 6.52. The Morgan fingerprint density at radius 2 is 1.40 bits per heavy atom. The van der Waals surface area contributed by atoms with Crippen LogP contribution in [0.4, 0.5) is 0 Å². The SMILES string of the molecule is CCCCc1cc(C)c2c(c1)C=C1c3ccccc3C(c3ccccc3)(c3ccccc3)C1(C)O2. The number of aryl methyl sites for hydroxylation is 2. The summed E-state index contributed by atoms with van der Waals surface area (Å²) in [5, 5.41) is 0. The van der Waals surface area contributed by atoms with Crippen molar-refractivity contribution in [1.29, 1.82) is 0 Å². The predicted octanol–water partition coefficient (Wildman–Crippen LogP) is 8.38. The highest BCUT2D eigenvalue weighted by Crippen LogP contribution is 2.63. The normalized spacial score (nSPS) is 19.2. The van der Waals surface area contributed by atoms with Gasteiger partial charge in [-0.25, -0.2) is 0 Å². The zero-order valence-electron chi connectivity index (χ0n) is 20.8. The largest absolute Gasteiger partial charge is 0.480 e. The van der Waals surface area contributed by atoms with Crippen LogP contribution in [0, 0.1) is 6.92 Å². The molecule has 4 aromatic carbocycles. The van der Waals surface area contributed by atoms with Gasteiger partial charge in [0.2, 0.25) is 0 Å². The van der Waals surface area contributed by atoms with E-state index in [1.807, 2.05) is 0 Å². The van der Waals surface area contributed by atoms with E-state index in [0.29, 0.717) is 0 Å². The van der Waals surface area contributed by atoms with Gasteiger partial charge in [0.25, 0.3) is 0 Å². The summed E-state index contributed by atoms with van der Waals surface area (Å²) < 4.78 is 7.27. The standard InChI is InChI=1S/C34H32O/c1-4-5-14-25-21-24(2)32-26(22-25)23-31-29-19-12-13-20-30(29)34(33(31,3)35-32,27-15-8-6-9-16-27)28-17-10-7-11-18-28/h6-13,15-23H,4-5,14H2,1-3H3. The Morgan fingerprint density at radius 3 is 2.06 bits per heavy atom. The number of hydrogen-bond donors (Lipinski definition) is 0. The summed E-state index contributed by atoms with van der Waals surface area (Å²) in [6, 6.07) is 35.4. The van der Waals surface area contributed by atoms with Gasteiger partial charge in [-0.1, -0.05) is 104 Å². The fourth-order valence-corrected chi connectivity index (χ4v) is 6.52. The molecule has 0 amide bonds. The van der Waals surface area contributed by atoms with Gasteiger partial charge in [0.05, 0.1) is 5.41 Å². The average Bonchev–Trinajstić information content (AvgIpc) is 3.12. The van der Waals surface area contributed by atoms with Crippen LogP contribution in [-0.4, -0.2) is 5.60 Å². The molecule has 0 saturated carbocycles. The van der Waals surface area contributed by atoms with Gasteiger partial charge in [0.1, 0.15) is 11.4 Å². The van der Waals surface area contributed by atoms with Gasteiger partial charge in [-0.2, -0.15) is 0 Å². The molecule has 0 radical (unpaired) electrons. The van der Waals surface area contributed by atoms with Crippen molar-refractivity contribution >= 4 is 11.6 Å². The summed E-state index contributed by atoms with van der Waals surface area (Å²) >= 11 is 0. The van der Waals surface area contributed by atoms with E-state index in [4.69, 9.17) is 4.74 Å². The molecule has 0 fully saturated rings. The lowest BCUT2D eigenvalue weighted by molar-refractivity contribution is 0.101. The van der Waals surface area contributed by atoms with Crippen LogP contribution >= 0.6 is 0 Å². The predicted molar refractivity (Wildman–Crippen MR) is 146 cm³/mol. The second-order valence-corrected chi connectivity index (χ2v) is 10.2. The Balaban J connectivity index is 1.67.